The number of carbonyl (C=O) groups is 1. The molecule has 2 heterocycles. The standard InChI is InChI=1S/C16H15ClN2O2S/c1-21-13-5-3-2-4-10(13)6-7-18-16(20)12-8-14-11(19-12)9-15(17)22-14/h2-5,8-9,19H,6-7H2,1H3,(H,18,20). The van der Waals surface area contributed by atoms with E-state index in [0.29, 0.717) is 16.6 Å². The van der Waals surface area contributed by atoms with E-state index in [0.717, 1.165) is 28.0 Å². The number of amides is 1. The van der Waals surface area contributed by atoms with Gasteiger partial charge in [0.1, 0.15) is 11.4 Å². The topological polar surface area (TPSA) is 54.1 Å². The minimum atomic E-state index is -0.116. The number of H-pyrrole nitrogens is 1. The maximum Gasteiger partial charge on any atom is 0.267 e. The van der Waals surface area contributed by atoms with Gasteiger partial charge in [-0.15, -0.1) is 11.3 Å². The van der Waals surface area contributed by atoms with Gasteiger partial charge in [0, 0.05) is 6.54 Å². The van der Waals surface area contributed by atoms with Gasteiger partial charge in [-0.2, -0.15) is 0 Å². The van der Waals surface area contributed by atoms with Crippen LogP contribution in [0.2, 0.25) is 4.34 Å². The summed E-state index contributed by atoms with van der Waals surface area (Å²) in [4.78, 5) is 15.2. The number of para-hydroxylation sites is 1. The third kappa shape index (κ3) is 3.10. The molecule has 1 amide bonds. The zero-order valence-electron chi connectivity index (χ0n) is 12.0. The van der Waals surface area contributed by atoms with Crippen molar-refractivity contribution in [1.29, 1.82) is 0 Å². The first-order valence-electron chi connectivity index (χ1n) is 6.85. The van der Waals surface area contributed by atoms with Gasteiger partial charge in [-0.3, -0.25) is 4.79 Å². The molecule has 3 rings (SSSR count). The summed E-state index contributed by atoms with van der Waals surface area (Å²) in [5.74, 6) is 0.723. The molecule has 2 N–H and O–H groups in total. The van der Waals surface area contributed by atoms with Crippen molar-refractivity contribution in [3.8, 4) is 5.75 Å². The van der Waals surface area contributed by atoms with E-state index in [2.05, 4.69) is 10.3 Å². The van der Waals surface area contributed by atoms with Crippen LogP contribution in [0, 0.1) is 0 Å². The molecule has 2 aromatic heterocycles. The SMILES string of the molecule is COc1ccccc1CCNC(=O)c1cc2sc(Cl)cc2[nH]1. The number of hydrogen-bond donors (Lipinski definition) is 2. The molecule has 22 heavy (non-hydrogen) atoms. The maximum absolute atomic E-state index is 12.1. The highest BCUT2D eigenvalue weighted by Crippen LogP contribution is 2.29. The first kappa shape index (κ1) is 14.9. The van der Waals surface area contributed by atoms with Gasteiger partial charge in [-0.1, -0.05) is 29.8 Å². The molecular formula is C16H15ClN2O2S. The number of methoxy groups -OCH3 is 1. The van der Waals surface area contributed by atoms with Crippen LogP contribution in [0.25, 0.3) is 10.2 Å². The summed E-state index contributed by atoms with van der Waals surface area (Å²) in [5, 5.41) is 2.91. The predicted octanol–water partition coefficient (Wildman–Crippen LogP) is 3.86. The van der Waals surface area contributed by atoms with E-state index in [1.807, 2.05) is 36.4 Å². The molecule has 0 aliphatic heterocycles. The monoisotopic (exact) mass is 334 g/mol. The fraction of sp³-hybridized carbons (Fsp3) is 0.188. The second-order valence-corrected chi connectivity index (χ2v) is 6.54. The molecule has 4 nitrogen and oxygen atoms in total. The molecule has 0 unspecified atom stereocenters. The first-order valence-corrected chi connectivity index (χ1v) is 8.05. The number of benzene rings is 1. The minimum Gasteiger partial charge on any atom is -0.496 e. The highest BCUT2D eigenvalue weighted by Gasteiger charge is 2.11. The van der Waals surface area contributed by atoms with E-state index in [4.69, 9.17) is 16.3 Å². The van der Waals surface area contributed by atoms with Gasteiger partial charge in [0.15, 0.2) is 0 Å². The van der Waals surface area contributed by atoms with Crippen LogP contribution in [0.3, 0.4) is 0 Å². The number of ether oxygens (including phenoxy) is 1. The summed E-state index contributed by atoms with van der Waals surface area (Å²) >= 11 is 7.38. The average Bonchev–Trinajstić information content (AvgIpc) is 3.05. The number of nitrogens with one attached hydrogen (secondary N) is 2. The molecule has 0 bridgehead atoms. The van der Waals surface area contributed by atoms with Crippen LogP contribution >= 0.6 is 22.9 Å². The summed E-state index contributed by atoms with van der Waals surface area (Å²) in [6.45, 7) is 0.548. The van der Waals surface area contributed by atoms with Crippen molar-refractivity contribution in [2.75, 3.05) is 13.7 Å². The molecule has 0 saturated carbocycles. The van der Waals surface area contributed by atoms with E-state index in [9.17, 15) is 4.79 Å². The van der Waals surface area contributed by atoms with Crippen molar-refractivity contribution in [2.24, 2.45) is 0 Å². The number of aromatic amines is 1. The van der Waals surface area contributed by atoms with E-state index in [-0.39, 0.29) is 5.91 Å². The lowest BCUT2D eigenvalue weighted by atomic mass is 10.1. The van der Waals surface area contributed by atoms with Gasteiger partial charge in [-0.05, 0) is 30.2 Å². The number of halogens is 1. The zero-order valence-corrected chi connectivity index (χ0v) is 13.6. The Morgan fingerprint density at radius 2 is 2.18 bits per heavy atom. The Morgan fingerprint density at radius 3 is 2.95 bits per heavy atom. The van der Waals surface area contributed by atoms with E-state index in [1.165, 1.54) is 11.3 Å². The molecule has 6 heteroatoms. The summed E-state index contributed by atoms with van der Waals surface area (Å²) < 4.78 is 7.00. The molecule has 0 radical (unpaired) electrons. The van der Waals surface area contributed by atoms with Crippen molar-refractivity contribution in [3.63, 3.8) is 0 Å². The number of aromatic nitrogens is 1. The average molecular weight is 335 g/mol. The van der Waals surface area contributed by atoms with Gasteiger partial charge in [0.2, 0.25) is 0 Å². The zero-order chi connectivity index (χ0) is 15.5. The lowest BCUT2D eigenvalue weighted by molar-refractivity contribution is 0.0950. The van der Waals surface area contributed by atoms with Crippen LogP contribution < -0.4 is 10.1 Å². The van der Waals surface area contributed by atoms with Crippen LogP contribution in [0.5, 0.6) is 5.75 Å². The largest absolute Gasteiger partial charge is 0.496 e. The van der Waals surface area contributed by atoms with Gasteiger partial charge < -0.3 is 15.0 Å². The lowest BCUT2D eigenvalue weighted by Gasteiger charge is -2.08. The second-order valence-electron chi connectivity index (χ2n) is 4.83. The Kier molecular flexibility index (Phi) is 4.36. The smallest absolute Gasteiger partial charge is 0.267 e. The third-order valence-corrected chi connectivity index (χ3v) is 4.60. The van der Waals surface area contributed by atoms with Crippen molar-refractivity contribution in [3.05, 3.63) is 52.0 Å². The van der Waals surface area contributed by atoms with E-state index >= 15 is 0 Å². The van der Waals surface area contributed by atoms with Gasteiger partial charge >= 0.3 is 0 Å². The molecule has 114 valence electrons. The highest BCUT2D eigenvalue weighted by molar-refractivity contribution is 7.22. The van der Waals surface area contributed by atoms with Crippen LogP contribution in [0.1, 0.15) is 16.1 Å². The number of rotatable bonds is 5. The third-order valence-electron chi connectivity index (χ3n) is 3.39. The Balaban J connectivity index is 1.61. The molecule has 0 aliphatic carbocycles. The highest BCUT2D eigenvalue weighted by atomic mass is 35.5. The maximum atomic E-state index is 12.1. The Hall–Kier alpha value is -1.98. The van der Waals surface area contributed by atoms with Crippen molar-refractivity contribution < 1.29 is 9.53 Å². The normalized spacial score (nSPS) is 10.8. The van der Waals surface area contributed by atoms with E-state index < -0.39 is 0 Å². The fourth-order valence-electron chi connectivity index (χ4n) is 2.33. The molecule has 0 saturated heterocycles. The second kappa shape index (κ2) is 6.42. The Morgan fingerprint density at radius 1 is 1.36 bits per heavy atom. The number of carbonyl (C=O) groups excluding carboxylic acids is 1. The molecule has 0 atom stereocenters. The van der Waals surface area contributed by atoms with Crippen LogP contribution in [-0.4, -0.2) is 24.5 Å². The molecule has 0 fully saturated rings. The quantitative estimate of drug-likeness (QED) is 0.744. The Bertz CT molecular complexity index is 778. The molecule has 1 aromatic carbocycles. The summed E-state index contributed by atoms with van der Waals surface area (Å²) in [7, 11) is 1.65. The fourth-order valence-corrected chi connectivity index (χ4v) is 3.47. The predicted molar refractivity (Wildman–Crippen MR) is 90.2 cm³/mol. The number of thiophene rings is 1. The summed E-state index contributed by atoms with van der Waals surface area (Å²) in [5.41, 5.74) is 2.52. The molecular weight excluding hydrogens is 320 g/mol. The summed E-state index contributed by atoms with van der Waals surface area (Å²) in [6, 6.07) is 11.5. The molecule has 0 spiro atoms. The first-order chi connectivity index (χ1) is 10.7. The van der Waals surface area contributed by atoms with Gasteiger partial charge in [-0.25, -0.2) is 0 Å². The van der Waals surface area contributed by atoms with Crippen molar-refractivity contribution in [1.82, 2.24) is 10.3 Å². The van der Waals surface area contributed by atoms with Crippen LogP contribution in [0.4, 0.5) is 0 Å². The molecule has 3 aromatic rings. The van der Waals surface area contributed by atoms with E-state index in [1.54, 1.807) is 7.11 Å². The molecule has 0 aliphatic rings. The van der Waals surface area contributed by atoms with Gasteiger partial charge in [0.25, 0.3) is 5.91 Å². The van der Waals surface area contributed by atoms with Crippen LogP contribution in [-0.2, 0) is 6.42 Å². The minimum absolute atomic E-state index is 0.116. The lowest BCUT2D eigenvalue weighted by Crippen LogP contribution is -2.26. The van der Waals surface area contributed by atoms with Crippen molar-refractivity contribution in [2.45, 2.75) is 6.42 Å². The number of hydrogen-bond acceptors (Lipinski definition) is 3. The van der Waals surface area contributed by atoms with Crippen LogP contribution in [0.15, 0.2) is 36.4 Å². The Labute approximate surface area is 137 Å². The van der Waals surface area contributed by atoms with Gasteiger partial charge in [0.05, 0.1) is 21.7 Å². The summed E-state index contributed by atoms with van der Waals surface area (Å²) in [6.07, 6.45) is 0.719. The van der Waals surface area contributed by atoms with Crippen molar-refractivity contribution >= 4 is 39.1 Å². The number of fused-ring (bicyclic) bond motifs is 1.